The molecule has 0 atom stereocenters. The summed E-state index contributed by atoms with van der Waals surface area (Å²) in [6.45, 7) is 11.3. The summed E-state index contributed by atoms with van der Waals surface area (Å²) in [5, 5.41) is 4.16. The number of hydrogen-bond acceptors (Lipinski definition) is 6. The van der Waals surface area contributed by atoms with Gasteiger partial charge < -0.3 is 4.74 Å². The third kappa shape index (κ3) is 3.72. The molecule has 0 aliphatic heterocycles. The molecule has 1 rings (SSSR count). The van der Waals surface area contributed by atoms with E-state index in [1.165, 1.54) is 0 Å². The number of benzene rings is 1. The van der Waals surface area contributed by atoms with Crippen molar-refractivity contribution in [3.63, 3.8) is 0 Å². The first-order chi connectivity index (χ1) is 9.81. The first-order valence-electron chi connectivity index (χ1n) is 6.60. The molecule has 0 radical (unpaired) electrons. The van der Waals surface area contributed by atoms with Crippen LogP contribution in [0.3, 0.4) is 0 Å². The Kier molecular flexibility index (Phi) is 5.72. The lowest BCUT2D eigenvalue weighted by atomic mass is 9.90. The summed E-state index contributed by atoms with van der Waals surface area (Å²) < 4.78 is 4.45. The fraction of sp³-hybridized carbons (Fsp3) is 0.467. The Hall–Kier alpha value is -2.08. The van der Waals surface area contributed by atoms with Gasteiger partial charge in [0.2, 0.25) is 0 Å². The molecule has 0 saturated heterocycles. The molecular weight excluding hydrogens is 276 g/mol. The van der Waals surface area contributed by atoms with Crippen LogP contribution in [0.5, 0.6) is 0 Å². The van der Waals surface area contributed by atoms with Crippen molar-refractivity contribution in [3.8, 4) is 0 Å². The summed E-state index contributed by atoms with van der Waals surface area (Å²) in [7, 11) is 0. The molecule has 0 aliphatic carbocycles. The average Bonchev–Trinajstić information content (AvgIpc) is 2.43. The molecule has 6 nitrogen and oxygen atoms in total. The van der Waals surface area contributed by atoms with Crippen LogP contribution >= 0.6 is 0 Å². The number of hydrogen-bond donors (Lipinski definition) is 0. The molecule has 0 aromatic heterocycles. The summed E-state index contributed by atoms with van der Waals surface area (Å²) in [6, 6.07) is 0. The van der Waals surface area contributed by atoms with Gasteiger partial charge in [-0.1, -0.05) is 0 Å². The van der Waals surface area contributed by atoms with E-state index >= 15 is 0 Å². The highest BCUT2D eigenvalue weighted by molar-refractivity contribution is 5.93. The van der Waals surface area contributed by atoms with Crippen LogP contribution < -0.4 is 0 Å². The Morgan fingerprint density at radius 1 is 0.810 bits per heavy atom. The molecule has 0 spiro atoms. The first-order valence-corrected chi connectivity index (χ1v) is 6.60. The molecule has 21 heavy (non-hydrogen) atoms. The lowest BCUT2D eigenvalue weighted by Crippen LogP contribution is -2.15. The van der Waals surface area contributed by atoms with E-state index in [1.54, 1.807) is 6.92 Å². The molecule has 0 N–H and O–H groups in total. The van der Waals surface area contributed by atoms with Gasteiger partial charge in [-0.05, 0) is 69.4 Å². The molecule has 0 fully saturated rings. The van der Waals surface area contributed by atoms with Crippen LogP contribution in [0.25, 0.3) is 0 Å². The summed E-state index contributed by atoms with van der Waals surface area (Å²) in [4.78, 5) is 31.6. The zero-order valence-corrected chi connectivity index (χ0v) is 13.2. The molecule has 116 valence electrons. The van der Waals surface area contributed by atoms with Crippen molar-refractivity contribution in [3.05, 3.63) is 33.4 Å². The van der Waals surface area contributed by atoms with Gasteiger partial charge in [0, 0.05) is 0 Å². The fourth-order valence-corrected chi connectivity index (χ4v) is 2.07. The van der Waals surface area contributed by atoms with Crippen molar-refractivity contribution in [2.75, 3.05) is 6.61 Å². The predicted octanol–water partition coefficient (Wildman–Crippen LogP) is 3.41. The minimum Gasteiger partial charge on any atom is -0.433 e. The van der Waals surface area contributed by atoms with E-state index in [4.69, 9.17) is 0 Å². The second kappa shape index (κ2) is 7.08. The van der Waals surface area contributed by atoms with Gasteiger partial charge in [0.1, 0.15) is 0 Å². The molecule has 0 aliphatic rings. The number of carbonyl (C=O) groups excluding carboxylic acids is 2. The fourth-order valence-electron chi connectivity index (χ4n) is 2.07. The van der Waals surface area contributed by atoms with Crippen LogP contribution in [0.4, 0.5) is 4.79 Å². The van der Waals surface area contributed by atoms with Crippen LogP contribution in [-0.2, 0) is 19.6 Å². The quantitative estimate of drug-likeness (QED) is 0.482. The highest BCUT2D eigenvalue weighted by Crippen LogP contribution is 2.26. The van der Waals surface area contributed by atoms with Gasteiger partial charge in [0.15, 0.2) is 0 Å². The highest BCUT2D eigenvalue weighted by atomic mass is 17.5. The molecule has 0 amide bonds. The molecule has 0 unspecified atom stereocenters. The summed E-state index contributed by atoms with van der Waals surface area (Å²) in [6.07, 6.45) is -1.07. The van der Waals surface area contributed by atoms with Gasteiger partial charge >= 0.3 is 12.1 Å². The molecule has 0 saturated carbocycles. The number of rotatable bonds is 4. The Balaban J connectivity index is 2.87. The van der Waals surface area contributed by atoms with Gasteiger partial charge in [-0.15, -0.1) is 0 Å². The van der Waals surface area contributed by atoms with Gasteiger partial charge in [-0.3, -0.25) is 4.89 Å². The van der Waals surface area contributed by atoms with Crippen LogP contribution in [0.1, 0.15) is 45.1 Å². The normalized spacial score (nSPS) is 10.2. The number of ether oxygens (including phenoxy) is 1. The lowest BCUT2D eigenvalue weighted by Gasteiger charge is -2.16. The molecule has 1 aromatic rings. The van der Waals surface area contributed by atoms with Crippen LogP contribution in [-0.4, -0.2) is 18.7 Å². The van der Waals surface area contributed by atoms with Crippen molar-refractivity contribution in [1.82, 2.24) is 0 Å². The van der Waals surface area contributed by atoms with Crippen molar-refractivity contribution >= 4 is 12.1 Å². The van der Waals surface area contributed by atoms with E-state index in [2.05, 4.69) is 19.6 Å². The summed E-state index contributed by atoms with van der Waals surface area (Å²) >= 11 is 0. The minimum atomic E-state index is -1.07. The Morgan fingerprint density at radius 2 is 1.29 bits per heavy atom. The molecule has 0 heterocycles. The third-order valence-electron chi connectivity index (χ3n) is 3.68. The topological polar surface area (TPSA) is 71.1 Å². The Morgan fingerprint density at radius 3 is 1.76 bits per heavy atom. The minimum absolute atomic E-state index is 0.130. The maximum atomic E-state index is 12.1. The van der Waals surface area contributed by atoms with Gasteiger partial charge in [-0.2, -0.15) is 0 Å². The van der Waals surface area contributed by atoms with Gasteiger partial charge in [-0.25, -0.2) is 14.5 Å². The van der Waals surface area contributed by atoms with E-state index in [0.29, 0.717) is 5.56 Å². The molecular formula is C15H20O6. The average molecular weight is 296 g/mol. The maximum absolute atomic E-state index is 12.1. The largest absolute Gasteiger partial charge is 0.543 e. The highest BCUT2D eigenvalue weighted by Gasteiger charge is 2.21. The van der Waals surface area contributed by atoms with Crippen molar-refractivity contribution in [2.45, 2.75) is 41.5 Å². The number of carbonyl (C=O) groups is 2. The third-order valence-corrected chi connectivity index (χ3v) is 3.68. The van der Waals surface area contributed by atoms with Crippen molar-refractivity contribution < 1.29 is 29.1 Å². The Bertz CT molecular complexity index is 533. The van der Waals surface area contributed by atoms with Crippen molar-refractivity contribution in [1.29, 1.82) is 0 Å². The maximum Gasteiger partial charge on any atom is 0.543 e. The monoisotopic (exact) mass is 296 g/mol. The predicted molar refractivity (Wildman–Crippen MR) is 74.7 cm³/mol. The van der Waals surface area contributed by atoms with E-state index in [-0.39, 0.29) is 6.61 Å². The smallest absolute Gasteiger partial charge is 0.433 e. The molecule has 6 heteroatoms. The van der Waals surface area contributed by atoms with Crippen LogP contribution in [0.2, 0.25) is 0 Å². The van der Waals surface area contributed by atoms with Crippen molar-refractivity contribution in [2.24, 2.45) is 0 Å². The van der Waals surface area contributed by atoms with E-state index in [1.807, 2.05) is 34.6 Å². The summed E-state index contributed by atoms with van der Waals surface area (Å²) in [5.41, 5.74) is 5.17. The zero-order chi connectivity index (χ0) is 16.2. The molecule has 0 bridgehead atoms. The first kappa shape index (κ1) is 17.0. The van der Waals surface area contributed by atoms with E-state index < -0.39 is 12.1 Å². The standard InChI is InChI=1S/C15H20O6/c1-7-18-15(17)20-21-19-14(16)13-11(5)9(3)8(2)10(4)12(13)6/h7H2,1-6H3. The van der Waals surface area contributed by atoms with Gasteiger partial charge in [0.05, 0.1) is 17.2 Å². The summed E-state index contributed by atoms with van der Waals surface area (Å²) in [5.74, 6) is -0.722. The molecule has 1 aromatic carbocycles. The van der Waals surface area contributed by atoms with Crippen LogP contribution in [0.15, 0.2) is 0 Å². The Labute approximate surface area is 123 Å². The van der Waals surface area contributed by atoms with E-state index in [9.17, 15) is 9.59 Å². The van der Waals surface area contributed by atoms with Gasteiger partial charge in [0.25, 0.3) is 0 Å². The zero-order valence-electron chi connectivity index (χ0n) is 13.2. The van der Waals surface area contributed by atoms with E-state index in [0.717, 1.165) is 27.8 Å². The second-order valence-electron chi connectivity index (χ2n) is 4.71. The SMILES string of the molecule is CCOC(=O)OOOC(=O)c1c(C)c(C)c(C)c(C)c1C. The van der Waals surface area contributed by atoms with Crippen LogP contribution in [0, 0.1) is 34.6 Å². The second-order valence-corrected chi connectivity index (χ2v) is 4.71. The lowest BCUT2D eigenvalue weighted by molar-refractivity contribution is -0.452.